The Bertz CT molecular complexity index is 875. The summed E-state index contributed by atoms with van der Waals surface area (Å²) in [5, 5.41) is 17.3. The minimum absolute atomic E-state index is 0.0572. The number of nitrogens with zero attached hydrogens (tertiary/aromatic N) is 4. The van der Waals surface area contributed by atoms with Crippen molar-refractivity contribution < 1.29 is 4.92 Å². The van der Waals surface area contributed by atoms with Crippen molar-refractivity contribution in [2.45, 2.75) is 0 Å². The second-order valence-corrected chi connectivity index (χ2v) is 4.36. The fourth-order valence-corrected chi connectivity index (χ4v) is 1.88. The monoisotopic (exact) mass is 295 g/mol. The van der Waals surface area contributed by atoms with E-state index in [4.69, 9.17) is 0 Å². The highest BCUT2D eigenvalue weighted by Crippen LogP contribution is 2.18. The van der Waals surface area contributed by atoms with Gasteiger partial charge >= 0.3 is 0 Å². The molecule has 0 aliphatic heterocycles. The van der Waals surface area contributed by atoms with Crippen LogP contribution in [-0.4, -0.2) is 25.1 Å². The molecule has 22 heavy (non-hydrogen) atoms. The summed E-state index contributed by atoms with van der Waals surface area (Å²) in [5.41, 5.74) is 0.454. The van der Waals surface area contributed by atoms with Gasteiger partial charge < -0.3 is 0 Å². The molecule has 8 nitrogen and oxygen atoms in total. The Morgan fingerprint density at radius 1 is 1.09 bits per heavy atom. The third kappa shape index (κ3) is 2.57. The number of benzene rings is 1. The molecule has 0 bridgehead atoms. The van der Waals surface area contributed by atoms with Gasteiger partial charge in [-0.3, -0.25) is 25.0 Å². The Balaban J connectivity index is 1.99. The van der Waals surface area contributed by atoms with Crippen LogP contribution in [0.1, 0.15) is 0 Å². The number of non-ortho nitro benzene ring substituents is 1. The summed E-state index contributed by atoms with van der Waals surface area (Å²) in [4.78, 5) is 30.2. The quantitative estimate of drug-likeness (QED) is 0.582. The van der Waals surface area contributed by atoms with Gasteiger partial charge in [0, 0.05) is 23.9 Å². The van der Waals surface area contributed by atoms with Crippen molar-refractivity contribution in [2.75, 3.05) is 0 Å². The lowest BCUT2D eigenvalue weighted by atomic mass is 10.1. The lowest BCUT2D eigenvalue weighted by Gasteiger charge is -2.02. The second kappa shape index (κ2) is 5.52. The van der Waals surface area contributed by atoms with Gasteiger partial charge in [0.2, 0.25) is 0 Å². The lowest BCUT2D eigenvalue weighted by molar-refractivity contribution is -0.384. The number of nitro benzene ring substituents is 1. The molecule has 0 aliphatic carbocycles. The molecule has 108 valence electrons. The fourth-order valence-electron chi connectivity index (χ4n) is 1.88. The lowest BCUT2D eigenvalue weighted by Crippen LogP contribution is -2.14. The number of pyridine rings is 1. The van der Waals surface area contributed by atoms with Crippen molar-refractivity contribution in [1.82, 2.24) is 20.2 Å². The van der Waals surface area contributed by atoms with E-state index >= 15 is 0 Å². The van der Waals surface area contributed by atoms with Crippen LogP contribution in [0.5, 0.6) is 0 Å². The summed E-state index contributed by atoms with van der Waals surface area (Å²) in [6, 6.07) is 10.8. The molecule has 2 aromatic heterocycles. The van der Waals surface area contributed by atoms with E-state index in [0.717, 1.165) is 0 Å². The van der Waals surface area contributed by atoms with Gasteiger partial charge in [0.25, 0.3) is 11.2 Å². The average Bonchev–Trinajstić information content (AvgIpc) is 2.56. The SMILES string of the molecule is O=c1nc(-c2ccccn2)[nH]nc1-c1ccc([N+](=O)[O-])cc1. The summed E-state index contributed by atoms with van der Waals surface area (Å²) in [7, 11) is 0. The van der Waals surface area contributed by atoms with Gasteiger partial charge in [0.05, 0.1) is 4.92 Å². The molecule has 8 heteroatoms. The summed E-state index contributed by atoms with van der Waals surface area (Å²) >= 11 is 0. The van der Waals surface area contributed by atoms with Crippen LogP contribution in [0.15, 0.2) is 53.5 Å². The van der Waals surface area contributed by atoms with Crippen molar-refractivity contribution in [1.29, 1.82) is 0 Å². The van der Waals surface area contributed by atoms with Crippen molar-refractivity contribution in [3.8, 4) is 22.8 Å². The smallest absolute Gasteiger partial charge is 0.265 e. The summed E-state index contributed by atoms with van der Waals surface area (Å²) in [5.74, 6) is 0.260. The number of H-pyrrole nitrogens is 1. The van der Waals surface area contributed by atoms with Crippen molar-refractivity contribution in [3.63, 3.8) is 0 Å². The van der Waals surface area contributed by atoms with E-state index < -0.39 is 10.5 Å². The standard InChI is InChI=1S/C14H9N5O3/c20-14-12(9-4-6-10(7-5-9)19(21)22)17-18-13(16-14)11-3-1-2-8-15-11/h1-8H,(H,16,18,20). The summed E-state index contributed by atoms with van der Waals surface area (Å²) < 4.78 is 0. The van der Waals surface area contributed by atoms with E-state index in [1.165, 1.54) is 24.3 Å². The highest BCUT2D eigenvalue weighted by atomic mass is 16.6. The van der Waals surface area contributed by atoms with E-state index in [1.807, 2.05) is 0 Å². The molecule has 1 N–H and O–H groups in total. The highest BCUT2D eigenvalue weighted by molar-refractivity contribution is 5.60. The fraction of sp³-hybridized carbons (Fsp3) is 0. The van der Waals surface area contributed by atoms with Gasteiger partial charge in [-0.1, -0.05) is 6.07 Å². The van der Waals surface area contributed by atoms with Gasteiger partial charge in [-0.15, -0.1) is 0 Å². The third-order valence-electron chi connectivity index (χ3n) is 2.95. The van der Waals surface area contributed by atoms with Crippen molar-refractivity contribution >= 4 is 5.69 Å². The predicted molar refractivity (Wildman–Crippen MR) is 78.0 cm³/mol. The number of hydrogen-bond donors (Lipinski definition) is 1. The third-order valence-corrected chi connectivity index (χ3v) is 2.95. The van der Waals surface area contributed by atoms with Crippen LogP contribution in [0.4, 0.5) is 5.69 Å². The highest BCUT2D eigenvalue weighted by Gasteiger charge is 2.11. The largest absolute Gasteiger partial charge is 0.300 e. The number of nitrogens with one attached hydrogen (secondary N) is 1. The molecule has 0 atom stereocenters. The van der Waals surface area contributed by atoms with E-state index in [-0.39, 0.29) is 17.2 Å². The van der Waals surface area contributed by atoms with Crippen LogP contribution in [0.25, 0.3) is 22.8 Å². The van der Waals surface area contributed by atoms with Crippen LogP contribution in [0.2, 0.25) is 0 Å². The van der Waals surface area contributed by atoms with E-state index in [9.17, 15) is 14.9 Å². The Morgan fingerprint density at radius 2 is 1.86 bits per heavy atom. The second-order valence-electron chi connectivity index (χ2n) is 4.36. The summed E-state index contributed by atoms with van der Waals surface area (Å²) in [6.45, 7) is 0. The molecule has 0 spiro atoms. The van der Waals surface area contributed by atoms with Gasteiger partial charge in [0.15, 0.2) is 11.5 Å². The number of nitro groups is 1. The van der Waals surface area contributed by atoms with E-state index in [2.05, 4.69) is 20.2 Å². The topological polar surface area (TPSA) is 115 Å². The average molecular weight is 295 g/mol. The van der Waals surface area contributed by atoms with Crippen molar-refractivity contribution in [3.05, 3.63) is 69.1 Å². The maximum absolute atomic E-state index is 12.1. The minimum Gasteiger partial charge on any atom is -0.265 e. The maximum atomic E-state index is 12.1. The molecule has 0 amide bonds. The van der Waals surface area contributed by atoms with Crippen LogP contribution >= 0.6 is 0 Å². The zero-order chi connectivity index (χ0) is 15.5. The van der Waals surface area contributed by atoms with Crippen molar-refractivity contribution in [2.24, 2.45) is 0 Å². The molecule has 0 aliphatic rings. The molecule has 0 radical (unpaired) electrons. The molecule has 0 fully saturated rings. The zero-order valence-corrected chi connectivity index (χ0v) is 11.1. The normalized spacial score (nSPS) is 10.4. The Labute approximate surface area is 123 Å². The molecular formula is C14H9N5O3. The maximum Gasteiger partial charge on any atom is 0.300 e. The molecular weight excluding hydrogens is 286 g/mol. The van der Waals surface area contributed by atoms with E-state index in [1.54, 1.807) is 24.4 Å². The summed E-state index contributed by atoms with van der Waals surface area (Å²) in [6.07, 6.45) is 1.58. The number of aromatic nitrogens is 4. The molecule has 3 rings (SSSR count). The van der Waals surface area contributed by atoms with Crippen LogP contribution in [0, 0.1) is 10.1 Å². The Morgan fingerprint density at radius 3 is 2.45 bits per heavy atom. The first-order chi connectivity index (χ1) is 10.6. The van der Waals surface area contributed by atoms with Gasteiger partial charge in [0.1, 0.15) is 5.69 Å². The van der Waals surface area contributed by atoms with Gasteiger partial charge in [-0.25, -0.2) is 0 Å². The van der Waals surface area contributed by atoms with Crippen LogP contribution in [-0.2, 0) is 0 Å². The minimum atomic E-state index is -0.534. The number of aromatic amines is 1. The first-order valence-corrected chi connectivity index (χ1v) is 6.28. The predicted octanol–water partition coefficient (Wildman–Crippen LogP) is 1.80. The number of hydrogen-bond acceptors (Lipinski definition) is 6. The molecule has 2 heterocycles. The molecule has 0 saturated carbocycles. The molecule has 0 unspecified atom stereocenters. The Hall–Kier alpha value is -3.42. The van der Waals surface area contributed by atoms with Crippen LogP contribution < -0.4 is 5.56 Å². The van der Waals surface area contributed by atoms with Gasteiger partial charge in [-0.05, 0) is 24.3 Å². The molecule has 3 aromatic rings. The Kier molecular flexibility index (Phi) is 3.40. The zero-order valence-electron chi connectivity index (χ0n) is 11.1. The number of rotatable bonds is 3. The van der Waals surface area contributed by atoms with Gasteiger partial charge in [-0.2, -0.15) is 10.1 Å². The van der Waals surface area contributed by atoms with Crippen LogP contribution in [0.3, 0.4) is 0 Å². The first-order valence-electron chi connectivity index (χ1n) is 6.28. The molecule has 0 saturated heterocycles. The first kappa shape index (κ1) is 13.6. The van der Waals surface area contributed by atoms with E-state index in [0.29, 0.717) is 11.3 Å². The molecule has 1 aromatic carbocycles.